The van der Waals surface area contributed by atoms with Gasteiger partial charge in [-0.1, -0.05) is 6.92 Å². The van der Waals surface area contributed by atoms with Gasteiger partial charge in [-0.2, -0.15) is 0 Å². The highest BCUT2D eigenvalue weighted by atomic mass is 16.5. The van der Waals surface area contributed by atoms with Crippen LogP contribution >= 0.6 is 0 Å². The molecule has 106 valence electrons. The maximum atomic E-state index is 12.3. The molecule has 2 rings (SSSR count). The number of ketones is 1. The van der Waals surface area contributed by atoms with E-state index in [0.717, 1.165) is 6.54 Å². The van der Waals surface area contributed by atoms with E-state index in [1.54, 1.807) is 28.8 Å². The molecule has 0 spiro atoms. The van der Waals surface area contributed by atoms with E-state index in [9.17, 15) is 9.59 Å². The minimum Gasteiger partial charge on any atom is -0.424 e. The zero-order valence-corrected chi connectivity index (χ0v) is 11.9. The van der Waals surface area contributed by atoms with E-state index in [2.05, 4.69) is 0 Å². The maximum Gasteiger partial charge on any atom is 0.308 e. The standard InChI is InChI=1S/C15H18N2O3/c1-4-16(3)10-13(19)12-7-9-17-8-5-6-14(15(12)17)20-11(2)18/h5-9H,4,10H2,1-3H3. The Labute approximate surface area is 117 Å². The van der Waals surface area contributed by atoms with Crippen LogP contribution in [0.2, 0.25) is 0 Å². The highest BCUT2D eigenvalue weighted by Gasteiger charge is 2.17. The Kier molecular flexibility index (Phi) is 4.20. The van der Waals surface area contributed by atoms with Gasteiger partial charge < -0.3 is 9.14 Å². The molecular weight excluding hydrogens is 256 g/mol. The van der Waals surface area contributed by atoms with Crippen molar-refractivity contribution in [3.05, 3.63) is 36.2 Å². The summed E-state index contributed by atoms with van der Waals surface area (Å²) in [4.78, 5) is 25.4. The lowest BCUT2D eigenvalue weighted by Crippen LogP contribution is -2.25. The van der Waals surface area contributed by atoms with Gasteiger partial charge in [-0.15, -0.1) is 0 Å². The Morgan fingerprint density at radius 1 is 1.30 bits per heavy atom. The first-order valence-electron chi connectivity index (χ1n) is 6.52. The van der Waals surface area contributed by atoms with Crippen molar-refractivity contribution in [2.75, 3.05) is 20.1 Å². The zero-order chi connectivity index (χ0) is 14.7. The summed E-state index contributed by atoms with van der Waals surface area (Å²) in [6, 6.07) is 5.23. The van der Waals surface area contributed by atoms with Crippen molar-refractivity contribution in [2.24, 2.45) is 0 Å². The first kappa shape index (κ1) is 14.3. The molecule has 0 radical (unpaired) electrons. The smallest absolute Gasteiger partial charge is 0.308 e. The highest BCUT2D eigenvalue weighted by molar-refractivity contribution is 6.05. The van der Waals surface area contributed by atoms with E-state index in [-0.39, 0.29) is 5.78 Å². The summed E-state index contributed by atoms with van der Waals surface area (Å²) in [5.41, 5.74) is 1.21. The van der Waals surface area contributed by atoms with E-state index in [1.807, 2.05) is 25.1 Å². The summed E-state index contributed by atoms with van der Waals surface area (Å²) in [6.45, 7) is 4.48. The number of carbonyl (C=O) groups is 2. The van der Waals surface area contributed by atoms with E-state index in [4.69, 9.17) is 4.74 Å². The summed E-state index contributed by atoms with van der Waals surface area (Å²) in [5, 5.41) is 0. The molecule has 2 aromatic heterocycles. The van der Waals surface area contributed by atoms with Crippen molar-refractivity contribution >= 4 is 17.3 Å². The molecule has 5 nitrogen and oxygen atoms in total. The van der Waals surface area contributed by atoms with Crippen molar-refractivity contribution in [1.82, 2.24) is 9.30 Å². The van der Waals surface area contributed by atoms with Gasteiger partial charge in [0.1, 0.15) is 0 Å². The van der Waals surface area contributed by atoms with Gasteiger partial charge in [-0.05, 0) is 31.8 Å². The number of fused-ring (bicyclic) bond motifs is 1. The highest BCUT2D eigenvalue weighted by Crippen LogP contribution is 2.25. The van der Waals surface area contributed by atoms with E-state index >= 15 is 0 Å². The monoisotopic (exact) mass is 274 g/mol. The average Bonchev–Trinajstić information content (AvgIpc) is 2.83. The van der Waals surface area contributed by atoms with Gasteiger partial charge in [0.2, 0.25) is 0 Å². The summed E-state index contributed by atoms with van der Waals surface area (Å²) in [6.07, 6.45) is 3.62. The Bertz CT molecular complexity index is 646. The zero-order valence-electron chi connectivity index (χ0n) is 11.9. The number of nitrogens with zero attached hydrogens (tertiary/aromatic N) is 2. The van der Waals surface area contributed by atoms with Gasteiger partial charge in [-0.3, -0.25) is 14.5 Å². The molecule has 5 heteroatoms. The van der Waals surface area contributed by atoms with E-state index < -0.39 is 5.97 Å². The minimum absolute atomic E-state index is 0.0106. The molecule has 20 heavy (non-hydrogen) atoms. The Morgan fingerprint density at radius 3 is 2.70 bits per heavy atom. The van der Waals surface area contributed by atoms with Crippen LogP contribution in [0, 0.1) is 0 Å². The summed E-state index contributed by atoms with van der Waals surface area (Å²) in [7, 11) is 1.89. The van der Waals surface area contributed by atoms with E-state index in [0.29, 0.717) is 23.4 Å². The third kappa shape index (κ3) is 2.88. The second-order valence-electron chi connectivity index (χ2n) is 4.70. The van der Waals surface area contributed by atoms with Crippen LogP contribution < -0.4 is 4.74 Å². The van der Waals surface area contributed by atoms with Crippen molar-refractivity contribution in [3.63, 3.8) is 0 Å². The van der Waals surface area contributed by atoms with Gasteiger partial charge in [-0.25, -0.2) is 0 Å². The fourth-order valence-corrected chi connectivity index (χ4v) is 2.04. The normalized spacial score (nSPS) is 11.0. The lowest BCUT2D eigenvalue weighted by atomic mass is 10.1. The van der Waals surface area contributed by atoms with E-state index in [1.165, 1.54) is 6.92 Å². The number of carbonyl (C=O) groups excluding carboxylic acids is 2. The van der Waals surface area contributed by atoms with Crippen LogP contribution in [0.3, 0.4) is 0 Å². The Hall–Kier alpha value is -2.14. The quantitative estimate of drug-likeness (QED) is 0.618. The number of hydrogen-bond acceptors (Lipinski definition) is 4. The van der Waals surface area contributed by atoms with Gasteiger partial charge in [0.25, 0.3) is 0 Å². The average molecular weight is 274 g/mol. The van der Waals surface area contributed by atoms with Crippen LogP contribution in [0.15, 0.2) is 30.6 Å². The predicted octanol–water partition coefficient (Wildman–Crippen LogP) is 2.00. The van der Waals surface area contributed by atoms with Gasteiger partial charge in [0.05, 0.1) is 12.1 Å². The molecule has 0 saturated heterocycles. The second-order valence-corrected chi connectivity index (χ2v) is 4.70. The van der Waals surface area contributed by atoms with Crippen LogP contribution in [0.1, 0.15) is 24.2 Å². The van der Waals surface area contributed by atoms with Gasteiger partial charge >= 0.3 is 5.97 Å². The van der Waals surface area contributed by atoms with Crippen LogP contribution in [0.5, 0.6) is 5.75 Å². The molecule has 2 aromatic rings. The van der Waals surface area contributed by atoms with Crippen molar-refractivity contribution in [2.45, 2.75) is 13.8 Å². The number of aromatic nitrogens is 1. The summed E-state index contributed by atoms with van der Waals surface area (Å²) in [5.74, 6) is 0.0207. The molecule has 0 aliphatic heterocycles. The first-order valence-corrected chi connectivity index (χ1v) is 6.52. The largest absolute Gasteiger partial charge is 0.424 e. The topological polar surface area (TPSA) is 51.0 Å². The number of hydrogen-bond donors (Lipinski definition) is 0. The van der Waals surface area contributed by atoms with Gasteiger partial charge in [0, 0.05) is 24.9 Å². The Morgan fingerprint density at radius 2 is 2.05 bits per heavy atom. The van der Waals surface area contributed by atoms with Crippen LogP contribution in [-0.4, -0.2) is 41.2 Å². The SMILES string of the molecule is CCN(C)CC(=O)c1ccn2cccc(OC(C)=O)c12. The molecular formula is C15H18N2O3. The number of pyridine rings is 1. The summed E-state index contributed by atoms with van der Waals surface area (Å²) < 4.78 is 6.97. The first-order chi connectivity index (χ1) is 9.52. The number of likely N-dealkylation sites (N-methyl/N-ethyl adjacent to an activating group) is 1. The molecule has 0 aliphatic carbocycles. The van der Waals surface area contributed by atoms with Crippen LogP contribution in [0.4, 0.5) is 0 Å². The summed E-state index contributed by atoms with van der Waals surface area (Å²) >= 11 is 0. The molecule has 0 unspecified atom stereocenters. The third-order valence-corrected chi connectivity index (χ3v) is 3.15. The third-order valence-electron chi connectivity index (χ3n) is 3.15. The molecule has 0 amide bonds. The fraction of sp³-hybridized carbons (Fsp3) is 0.333. The van der Waals surface area contributed by atoms with Crippen molar-refractivity contribution in [1.29, 1.82) is 0 Å². The molecule has 0 atom stereocenters. The maximum absolute atomic E-state index is 12.3. The predicted molar refractivity (Wildman–Crippen MR) is 76.2 cm³/mol. The van der Waals surface area contributed by atoms with Crippen LogP contribution in [-0.2, 0) is 4.79 Å². The van der Waals surface area contributed by atoms with Crippen molar-refractivity contribution in [3.8, 4) is 5.75 Å². The molecule has 0 N–H and O–H groups in total. The second kappa shape index (κ2) is 5.88. The fourth-order valence-electron chi connectivity index (χ4n) is 2.04. The number of Topliss-reactive ketones (excluding diaryl/α,β-unsaturated/α-hetero) is 1. The lowest BCUT2D eigenvalue weighted by Gasteiger charge is -2.12. The number of rotatable bonds is 5. The lowest BCUT2D eigenvalue weighted by molar-refractivity contribution is -0.131. The molecule has 0 bridgehead atoms. The molecule has 0 fully saturated rings. The van der Waals surface area contributed by atoms with Crippen LogP contribution in [0.25, 0.3) is 5.52 Å². The molecule has 0 aliphatic rings. The van der Waals surface area contributed by atoms with Gasteiger partial charge in [0.15, 0.2) is 11.5 Å². The number of esters is 1. The Balaban J connectivity index is 2.43. The molecule has 0 aromatic carbocycles. The molecule has 2 heterocycles. The minimum atomic E-state index is -0.400. The van der Waals surface area contributed by atoms with Crippen molar-refractivity contribution < 1.29 is 14.3 Å². The molecule has 0 saturated carbocycles. The number of ether oxygens (including phenoxy) is 1.